The molecule has 1 aromatic rings. The summed E-state index contributed by atoms with van der Waals surface area (Å²) in [6.07, 6.45) is 8.89. The van der Waals surface area contributed by atoms with E-state index in [1.165, 1.54) is 11.3 Å². The third kappa shape index (κ3) is 2.24. The van der Waals surface area contributed by atoms with Crippen molar-refractivity contribution in [3.05, 3.63) is 47.3 Å². The first-order chi connectivity index (χ1) is 9.56. The largest absolute Gasteiger partial charge is 0.279 e. The molecule has 0 bridgehead atoms. The van der Waals surface area contributed by atoms with E-state index in [2.05, 4.69) is 64.1 Å². The molecule has 0 radical (unpaired) electrons. The number of dihydropyridines is 1. The zero-order valence-electron chi connectivity index (χ0n) is 12.7. The second-order valence-electron chi connectivity index (χ2n) is 6.31. The van der Waals surface area contributed by atoms with Crippen molar-refractivity contribution in [1.29, 1.82) is 0 Å². The first-order valence-electron chi connectivity index (χ1n) is 7.51. The number of hydrogen-bond acceptors (Lipinski definition) is 2. The number of rotatable bonds is 2. The molecule has 20 heavy (non-hydrogen) atoms. The fourth-order valence-electron chi connectivity index (χ4n) is 2.77. The summed E-state index contributed by atoms with van der Waals surface area (Å²) in [7, 11) is 0. The number of aliphatic imine (C=N–C) groups is 1. The average molecular weight is 266 g/mol. The van der Waals surface area contributed by atoms with E-state index in [1.54, 1.807) is 0 Å². The lowest BCUT2D eigenvalue weighted by molar-refractivity contribution is 0.579. The lowest BCUT2D eigenvalue weighted by Gasteiger charge is -2.28. The Morgan fingerprint density at radius 2 is 1.70 bits per heavy atom. The number of hydrogen-bond donors (Lipinski definition) is 0. The molecule has 0 spiro atoms. The van der Waals surface area contributed by atoms with Gasteiger partial charge in [0.25, 0.3) is 0 Å². The number of allylic oxidation sites excluding steroid dienone is 1. The fourth-order valence-corrected chi connectivity index (χ4v) is 2.77. The molecule has 2 atom stereocenters. The summed E-state index contributed by atoms with van der Waals surface area (Å²) in [4.78, 5) is 9.86. The van der Waals surface area contributed by atoms with Crippen LogP contribution >= 0.6 is 0 Å². The van der Waals surface area contributed by atoms with Crippen LogP contribution in [-0.2, 0) is 0 Å². The third-order valence-electron chi connectivity index (χ3n) is 4.08. The van der Waals surface area contributed by atoms with Crippen molar-refractivity contribution in [3.8, 4) is 0 Å². The van der Waals surface area contributed by atoms with Gasteiger partial charge in [-0.2, -0.15) is 0 Å². The van der Waals surface area contributed by atoms with Gasteiger partial charge in [0.2, 0.25) is 0 Å². The second kappa shape index (κ2) is 5.01. The molecule has 0 N–H and O–H groups in total. The topological polar surface area (TPSA) is 25.2 Å². The Balaban J connectivity index is 2.07. The molecule has 0 amide bonds. The summed E-state index contributed by atoms with van der Waals surface area (Å²) >= 11 is 0. The number of pyridine rings is 1. The van der Waals surface area contributed by atoms with Crippen molar-refractivity contribution in [1.82, 2.24) is 4.98 Å². The van der Waals surface area contributed by atoms with Crippen LogP contribution in [0.4, 0.5) is 0 Å². The summed E-state index contributed by atoms with van der Waals surface area (Å²) in [6, 6.07) is 4.49. The van der Waals surface area contributed by atoms with Gasteiger partial charge >= 0.3 is 0 Å². The fraction of sp³-hybridized carbons (Fsp3) is 0.444. The summed E-state index contributed by atoms with van der Waals surface area (Å²) in [5.74, 6) is 1.28. The van der Waals surface area contributed by atoms with Gasteiger partial charge in [-0.05, 0) is 29.5 Å². The summed E-state index contributed by atoms with van der Waals surface area (Å²) in [5, 5.41) is 0. The predicted octanol–water partition coefficient (Wildman–Crippen LogP) is 4.56. The van der Waals surface area contributed by atoms with Crippen LogP contribution in [-0.4, -0.2) is 10.7 Å². The molecule has 1 aliphatic carbocycles. The summed E-state index contributed by atoms with van der Waals surface area (Å²) in [5.41, 5.74) is 4.71. The van der Waals surface area contributed by atoms with E-state index in [-0.39, 0.29) is 6.04 Å². The van der Waals surface area contributed by atoms with Gasteiger partial charge in [0.1, 0.15) is 6.04 Å². The van der Waals surface area contributed by atoms with Crippen LogP contribution < -0.4 is 0 Å². The van der Waals surface area contributed by atoms with Crippen LogP contribution in [0.15, 0.2) is 35.4 Å². The Morgan fingerprint density at radius 3 is 2.40 bits per heavy atom. The molecule has 0 saturated carbocycles. The highest BCUT2D eigenvalue weighted by atomic mass is 14.9. The smallest absolute Gasteiger partial charge is 0.103 e. The number of aromatic nitrogens is 1. The lowest BCUT2D eigenvalue weighted by atomic mass is 9.85. The first kappa shape index (κ1) is 13.3. The molecule has 2 heterocycles. The molecule has 0 saturated heterocycles. The molecule has 2 nitrogen and oxygen atoms in total. The number of fused-ring (bicyclic) bond motifs is 3. The van der Waals surface area contributed by atoms with E-state index in [1.807, 2.05) is 0 Å². The van der Waals surface area contributed by atoms with E-state index in [0.717, 1.165) is 11.4 Å². The van der Waals surface area contributed by atoms with Gasteiger partial charge in [0.15, 0.2) is 0 Å². The molecule has 2 aliphatic rings. The molecule has 104 valence electrons. The van der Waals surface area contributed by atoms with Gasteiger partial charge < -0.3 is 0 Å². The van der Waals surface area contributed by atoms with Gasteiger partial charge in [0, 0.05) is 17.3 Å². The molecule has 1 aromatic heterocycles. The quantitative estimate of drug-likeness (QED) is 0.770. The minimum Gasteiger partial charge on any atom is -0.279 e. The molecule has 2 heteroatoms. The second-order valence-corrected chi connectivity index (χ2v) is 6.31. The first-order valence-corrected chi connectivity index (χ1v) is 7.51. The minimum absolute atomic E-state index is 0.163. The van der Waals surface area contributed by atoms with Gasteiger partial charge in [0.05, 0.1) is 5.69 Å². The Labute approximate surface area is 121 Å². The van der Waals surface area contributed by atoms with Gasteiger partial charge in [-0.1, -0.05) is 52.0 Å². The van der Waals surface area contributed by atoms with Crippen LogP contribution in [0.3, 0.4) is 0 Å². The van der Waals surface area contributed by atoms with Gasteiger partial charge in [-0.15, -0.1) is 0 Å². The standard InChI is InChI=1S/C18H22N2/c1-11(2)15-9-7-13-5-6-14-8-10-16(12(3)4)20-18(14)17(13)19-15/h5-13,17H,1-4H3/t13-,17?/m0/s1. The van der Waals surface area contributed by atoms with Crippen molar-refractivity contribution in [3.63, 3.8) is 0 Å². The molecular weight excluding hydrogens is 244 g/mol. The Morgan fingerprint density at radius 1 is 0.950 bits per heavy atom. The Hall–Kier alpha value is -1.70. The van der Waals surface area contributed by atoms with E-state index in [9.17, 15) is 0 Å². The molecule has 3 rings (SSSR count). The van der Waals surface area contributed by atoms with Crippen LogP contribution in [0, 0.1) is 11.8 Å². The number of nitrogens with zero attached hydrogens (tertiary/aromatic N) is 2. The Kier molecular flexibility index (Phi) is 3.33. The normalized spacial score (nSPS) is 23.8. The third-order valence-corrected chi connectivity index (χ3v) is 4.08. The van der Waals surface area contributed by atoms with Crippen LogP contribution in [0.5, 0.6) is 0 Å². The maximum absolute atomic E-state index is 4.96. The highest BCUT2D eigenvalue weighted by Crippen LogP contribution is 2.38. The monoisotopic (exact) mass is 266 g/mol. The SMILES string of the molecule is CC(C)C1=NC2c3nc(C(C)C)ccc3C=C[C@H]2C=C1. The Bertz CT molecular complexity index is 606. The van der Waals surface area contributed by atoms with Crippen LogP contribution in [0.1, 0.15) is 56.6 Å². The molecule has 0 fully saturated rings. The van der Waals surface area contributed by atoms with Crippen molar-refractivity contribution in [2.75, 3.05) is 0 Å². The van der Waals surface area contributed by atoms with Crippen LogP contribution in [0.2, 0.25) is 0 Å². The van der Waals surface area contributed by atoms with Gasteiger partial charge in [-0.25, -0.2) is 0 Å². The van der Waals surface area contributed by atoms with E-state index in [4.69, 9.17) is 9.98 Å². The highest BCUT2D eigenvalue weighted by Gasteiger charge is 2.29. The molecular formula is C18H22N2. The van der Waals surface area contributed by atoms with Crippen molar-refractivity contribution in [2.45, 2.75) is 39.7 Å². The predicted molar refractivity (Wildman–Crippen MR) is 85.0 cm³/mol. The average Bonchev–Trinajstić information content (AvgIpc) is 2.45. The van der Waals surface area contributed by atoms with E-state index >= 15 is 0 Å². The maximum Gasteiger partial charge on any atom is 0.103 e. The summed E-state index contributed by atoms with van der Waals surface area (Å²) in [6.45, 7) is 8.77. The van der Waals surface area contributed by atoms with E-state index in [0.29, 0.717) is 17.8 Å². The minimum atomic E-state index is 0.163. The van der Waals surface area contributed by atoms with Crippen molar-refractivity contribution in [2.24, 2.45) is 16.8 Å². The van der Waals surface area contributed by atoms with Gasteiger partial charge in [-0.3, -0.25) is 9.98 Å². The zero-order chi connectivity index (χ0) is 14.3. The molecule has 0 aromatic carbocycles. The van der Waals surface area contributed by atoms with Crippen LogP contribution in [0.25, 0.3) is 6.08 Å². The maximum atomic E-state index is 4.96. The van der Waals surface area contributed by atoms with Crippen molar-refractivity contribution < 1.29 is 0 Å². The highest BCUT2D eigenvalue weighted by molar-refractivity contribution is 5.97. The van der Waals surface area contributed by atoms with E-state index < -0.39 is 0 Å². The lowest BCUT2D eigenvalue weighted by Crippen LogP contribution is -2.21. The summed E-state index contributed by atoms with van der Waals surface area (Å²) < 4.78 is 0. The van der Waals surface area contributed by atoms with Crippen molar-refractivity contribution >= 4 is 11.8 Å². The molecule has 1 aliphatic heterocycles. The zero-order valence-corrected chi connectivity index (χ0v) is 12.7. The molecule has 1 unspecified atom stereocenters.